The van der Waals surface area contributed by atoms with Crippen molar-refractivity contribution in [3.05, 3.63) is 47.3 Å². The van der Waals surface area contributed by atoms with Crippen molar-refractivity contribution in [3.8, 4) is 10.4 Å². The molecular weight excluding hydrogens is 526 g/mol. The van der Waals surface area contributed by atoms with E-state index in [9.17, 15) is 19.2 Å². The zero-order valence-corrected chi connectivity index (χ0v) is 24.2. The number of piperazine rings is 1. The number of fused-ring (bicyclic) bond motifs is 1. The number of hydrogen-bond donors (Lipinski definition) is 1. The van der Waals surface area contributed by atoms with E-state index in [0.717, 1.165) is 31.7 Å². The van der Waals surface area contributed by atoms with E-state index >= 15 is 0 Å². The van der Waals surface area contributed by atoms with E-state index in [2.05, 4.69) is 28.2 Å². The van der Waals surface area contributed by atoms with Gasteiger partial charge in [-0.3, -0.25) is 24.1 Å². The summed E-state index contributed by atoms with van der Waals surface area (Å²) in [6.07, 6.45) is 1.62. The molecule has 40 heavy (non-hydrogen) atoms. The van der Waals surface area contributed by atoms with Gasteiger partial charge in [0, 0.05) is 56.1 Å². The van der Waals surface area contributed by atoms with Crippen LogP contribution in [0.3, 0.4) is 0 Å². The number of nitrogens with one attached hydrogen (secondary N) is 1. The van der Waals surface area contributed by atoms with Gasteiger partial charge in [0.05, 0.1) is 19.1 Å². The lowest BCUT2D eigenvalue weighted by atomic mass is 10.0. The van der Waals surface area contributed by atoms with E-state index in [1.54, 1.807) is 21.1 Å². The maximum Gasteiger partial charge on any atom is 0.251 e. The number of Topliss-reactive ketones (excluding diaryl/α,β-unsaturated/α-hetero) is 1. The smallest absolute Gasteiger partial charge is 0.251 e. The summed E-state index contributed by atoms with van der Waals surface area (Å²) in [5.74, 6) is -0.161. The van der Waals surface area contributed by atoms with Crippen molar-refractivity contribution in [2.75, 3.05) is 59.4 Å². The first-order valence-corrected chi connectivity index (χ1v) is 15.1. The van der Waals surface area contributed by atoms with Crippen LogP contribution in [0.25, 0.3) is 10.4 Å². The number of likely N-dealkylation sites (N-methyl/N-ethyl adjacent to an activating group) is 1. The summed E-state index contributed by atoms with van der Waals surface area (Å²) in [6, 6.07) is 10.9. The number of amides is 3. The van der Waals surface area contributed by atoms with E-state index in [1.165, 1.54) is 4.88 Å². The molecule has 1 N–H and O–H groups in total. The monoisotopic (exact) mass is 565 g/mol. The normalized spacial score (nSPS) is 22.4. The summed E-state index contributed by atoms with van der Waals surface area (Å²) in [6.45, 7) is 6.97. The lowest BCUT2D eigenvalue weighted by Crippen LogP contribution is -2.50. The minimum Gasteiger partial charge on any atom is -0.352 e. The van der Waals surface area contributed by atoms with Crippen molar-refractivity contribution in [2.45, 2.75) is 38.3 Å². The lowest BCUT2D eigenvalue weighted by molar-refractivity contribution is -0.137. The molecule has 214 valence electrons. The minimum atomic E-state index is -0.520. The Kier molecular flexibility index (Phi) is 8.97. The van der Waals surface area contributed by atoms with Crippen molar-refractivity contribution in [3.63, 3.8) is 0 Å². The highest BCUT2D eigenvalue weighted by Crippen LogP contribution is 2.31. The lowest BCUT2D eigenvalue weighted by Gasteiger charge is -2.33. The first-order valence-electron chi connectivity index (χ1n) is 14.2. The van der Waals surface area contributed by atoms with Crippen LogP contribution >= 0.6 is 11.3 Å². The van der Waals surface area contributed by atoms with Gasteiger partial charge in [-0.2, -0.15) is 0 Å². The summed E-state index contributed by atoms with van der Waals surface area (Å²) in [5.41, 5.74) is 1.70. The molecular formula is C30H39N5O4S. The van der Waals surface area contributed by atoms with Crippen molar-refractivity contribution in [2.24, 2.45) is 5.92 Å². The fourth-order valence-electron chi connectivity index (χ4n) is 5.99. The highest BCUT2D eigenvalue weighted by molar-refractivity contribution is 7.13. The fourth-order valence-corrected chi connectivity index (χ4v) is 6.72. The molecule has 0 saturated carbocycles. The van der Waals surface area contributed by atoms with Crippen LogP contribution in [0.4, 0.5) is 0 Å². The quantitative estimate of drug-likeness (QED) is 0.501. The highest BCUT2D eigenvalue weighted by atomic mass is 32.1. The number of likely N-dealkylation sites (tertiary alicyclic amines) is 2. The topological polar surface area (TPSA) is 93.3 Å². The summed E-state index contributed by atoms with van der Waals surface area (Å²) < 4.78 is 0. The molecule has 0 spiro atoms. The van der Waals surface area contributed by atoms with Gasteiger partial charge >= 0.3 is 0 Å². The van der Waals surface area contributed by atoms with Gasteiger partial charge in [-0.25, -0.2) is 0 Å². The molecule has 0 aliphatic carbocycles. The Balaban J connectivity index is 1.06. The first-order chi connectivity index (χ1) is 19.3. The van der Waals surface area contributed by atoms with Gasteiger partial charge < -0.3 is 20.0 Å². The SMILES string of the molecule is CC(CCNC(=O)c1ccc(-c2cccs2)cc1)CC(=O)N1CCC2C1C(=O)CN2C(=O)CN1CCN(C)CC1. The number of rotatable bonds is 9. The molecule has 0 bridgehead atoms. The van der Waals surface area contributed by atoms with E-state index < -0.39 is 6.04 Å². The molecule has 1 aromatic heterocycles. The molecule has 2 aromatic rings. The average molecular weight is 566 g/mol. The van der Waals surface area contributed by atoms with Gasteiger partial charge in [0.1, 0.15) is 6.04 Å². The van der Waals surface area contributed by atoms with Crippen LogP contribution in [-0.2, 0) is 14.4 Å². The third-order valence-electron chi connectivity index (χ3n) is 8.42. The molecule has 3 unspecified atom stereocenters. The number of thiophene rings is 1. The Morgan fingerprint density at radius 3 is 2.45 bits per heavy atom. The fraction of sp³-hybridized carbons (Fsp3) is 0.533. The molecule has 0 radical (unpaired) electrons. The van der Waals surface area contributed by atoms with E-state index in [0.29, 0.717) is 44.5 Å². The van der Waals surface area contributed by atoms with Crippen molar-refractivity contribution in [1.82, 2.24) is 24.9 Å². The maximum atomic E-state index is 13.2. The first kappa shape index (κ1) is 28.4. The number of carbonyl (C=O) groups is 4. The van der Waals surface area contributed by atoms with Gasteiger partial charge in [-0.15, -0.1) is 11.3 Å². The largest absolute Gasteiger partial charge is 0.352 e. The van der Waals surface area contributed by atoms with Gasteiger partial charge in [0.2, 0.25) is 11.8 Å². The third kappa shape index (κ3) is 6.45. The van der Waals surface area contributed by atoms with E-state index in [1.807, 2.05) is 42.6 Å². The third-order valence-corrected chi connectivity index (χ3v) is 9.34. The second-order valence-corrected chi connectivity index (χ2v) is 12.3. The van der Waals surface area contributed by atoms with Crippen molar-refractivity contribution < 1.29 is 19.2 Å². The van der Waals surface area contributed by atoms with Gasteiger partial charge in [-0.05, 0) is 54.9 Å². The second kappa shape index (κ2) is 12.6. The van der Waals surface area contributed by atoms with Gasteiger partial charge in [-0.1, -0.05) is 25.1 Å². The molecule has 3 aliphatic rings. The van der Waals surface area contributed by atoms with Crippen LogP contribution in [0.2, 0.25) is 0 Å². The maximum absolute atomic E-state index is 13.2. The molecule has 4 heterocycles. The second-order valence-electron chi connectivity index (χ2n) is 11.4. The number of carbonyl (C=O) groups excluding carboxylic acids is 4. The summed E-state index contributed by atoms with van der Waals surface area (Å²) in [4.78, 5) is 60.7. The Morgan fingerprint density at radius 1 is 1.00 bits per heavy atom. The molecule has 3 saturated heterocycles. The van der Waals surface area contributed by atoms with Crippen LogP contribution in [0.1, 0.15) is 36.5 Å². The summed E-state index contributed by atoms with van der Waals surface area (Å²) in [5, 5.41) is 4.99. The zero-order chi connectivity index (χ0) is 28.2. The van der Waals surface area contributed by atoms with Crippen molar-refractivity contribution >= 4 is 34.8 Å². The number of ketones is 1. The predicted octanol–water partition coefficient (Wildman–Crippen LogP) is 2.19. The Morgan fingerprint density at radius 2 is 1.75 bits per heavy atom. The molecule has 3 amide bonds. The molecule has 3 fully saturated rings. The number of nitrogens with zero attached hydrogens (tertiary/aromatic N) is 4. The molecule has 10 heteroatoms. The van der Waals surface area contributed by atoms with Crippen LogP contribution in [0.15, 0.2) is 41.8 Å². The molecule has 1 aromatic carbocycles. The van der Waals surface area contributed by atoms with Crippen LogP contribution in [0.5, 0.6) is 0 Å². The van der Waals surface area contributed by atoms with Gasteiger partial charge in [0.25, 0.3) is 5.91 Å². The standard InChI is InChI=1S/C30H39N5O4S/c1-21(9-11-31-30(39)23-7-5-22(6-8-23)26-4-3-17-40-26)18-27(37)34-12-10-24-29(34)25(36)19-35(24)28(38)20-33-15-13-32(2)14-16-33/h3-8,17,21,24,29H,9-16,18-20H2,1-2H3,(H,31,39). The molecule has 3 atom stereocenters. The van der Waals surface area contributed by atoms with Crippen LogP contribution in [0, 0.1) is 5.92 Å². The van der Waals surface area contributed by atoms with E-state index in [-0.39, 0.29) is 42.0 Å². The predicted molar refractivity (Wildman–Crippen MR) is 155 cm³/mol. The highest BCUT2D eigenvalue weighted by Gasteiger charge is 2.51. The Hall–Kier alpha value is -3.08. The average Bonchev–Trinajstić information content (AvgIpc) is 3.69. The zero-order valence-electron chi connectivity index (χ0n) is 23.4. The van der Waals surface area contributed by atoms with Crippen LogP contribution in [-0.4, -0.2) is 115 Å². The molecule has 3 aliphatic heterocycles. The minimum absolute atomic E-state index is 0.00928. The van der Waals surface area contributed by atoms with Crippen molar-refractivity contribution in [1.29, 1.82) is 0 Å². The molecule has 5 rings (SSSR count). The van der Waals surface area contributed by atoms with Crippen LogP contribution < -0.4 is 5.32 Å². The summed E-state index contributed by atoms with van der Waals surface area (Å²) in [7, 11) is 2.08. The molecule has 9 nitrogen and oxygen atoms in total. The summed E-state index contributed by atoms with van der Waals surface area (Å²) >= 11 is 1.66. The van der Waals surface area contributed by atoms with E-state index in [4.69, 9.17) is 0 Å². The van der Waals surface area contributed by atoms with Gasteiger partial charge in [0.15, 0.2) is 5.78 Å². The Bertz CT molecular complexity index is 1210. The number of hydrogen-bond acceptors (Lipinski definition) is 7. The number of benzene rings is 1. The Labute approximate surface area is 240 Å².